The van der Waals surface area contributed by atoms with E-state index in [0.717, 1.165) is 24.8 Å². The van der Waals surface area contributed by atoms with E-state index in [-0.39, 0.29) is 0 Å². The van der Waals surface area contributed by atoms with Gasteiger partial charge in [0.25, 0.3) is 0 Å². The second-order valence-corrected chi connectivity index (χ2v) is 4.95. The summed E-state index contributed by atoms with van der Waals surface area (Å²) in [5.74, 6) is -0.0716. The molecule has 0 bridgehead atoms. The summed E-state index contributed by atoms with van der Waals surface area (Å²) in [4.78, 5) is 11.6. The summed E-state index contributed by atoms with van der Waals surface area (Å²) in [6.45, 7) is 9.86. The molecular formula is C16H24ClNO. The molecule has 106 valence electrons. The lowest BCUT2D eigenvalue weighted by atomic mass is 9.97. The molecule has 0 aromatic heterocycles. The number of halogens is 1. The van der Waals surface area contributed by atoms with Gasteiger partial charge >= 0.3 is 0 Å². The Hall–Kier alpha value is -1.28. The summed E-state index contributed by atoms with van der Waals surface area (Å²) in [6, 6.07) is 0. The zero-order valence-corrected chi connectivity index (χ0v) is 12.8. The summed E-state index contributed by atoms with van der Waals surface area (Å²) < 4.78 is 0. The van der Waals surface area contributed by atoms with Gasteiger partial charge in [0.15, 0.2) is 0 Å². The number of allylic oxidation sites excluding steroid dienone is 5. The molecule has 2 nitrogen and oxygen atoms in total. The van der Waals surface area contributed by atoms with Gasteiger partial charge in [0.2, 0.25) is 5.91 Å². The Bertz CT molecular complexity index is 405. The van der Waals surface area contributed by atoms with Crippen molar-refractivity contribution in [1.82, 2.24) is 0 Å². The predicted octanol–water partition coefficient (Wildman–Crippen LogP) is 4.48. The highest BCUT2D eigenvalue weighted by Gasteiger charge is 2.10. The van der Waals surface area contributed by atoms with Gasteiger partial charge in [-0.25, -0.2) is 0 Å². The lowest BCUT2D eigenvalue weighted by Crippen LogP contribution is -2.15. The van der Waals surface area contributed by atoms with Crippen LogP contribution in [0.4, 0.5) is 0 Å². The number of hydrogen-bond acceptors (Lipinski definition) is 1. The first-order chi connectivity index (χ1) is 8.96. The Morgan fingerprint density at radius 2 is 2.05 bits per heavy atom. The molecule has 3 heteroatoms. The molecule has 0 aromatic rings. The van der Waals surface area contributed by atoms with Gasteiger partial charge in [-0.1, -0.05) is 70.0 Å². The van der Waals surface area contributed by atoms with Gasteiger partial charge < -0.3 is 5.73 Å². The van der Waals surface area contributed by atoms with E-state index in [9.17, 15) is 4.79 Å². The minimum absolute atomic E-state index is 0.352. The predicted molar refractivity (Wildman–Crippen MR) is 83.9 cm³/mol. The van der Waals surface area contributed by atoms with Crippen molar-refractivity contribution in [2.24, 2.45) is 11.7 Å². The highest BCUT2D eigenvalue weighted by Crippen LogP contribution is 2.20. The fourth-order valence-corrected chi connectivity index (χ4v) is 1.61. The minimum Gasteiger partial charge on any atom is -0.366 e. The van der Waals surface area contributed by atoms with E-state index in [4.69, 9.17) is 17.3 Å². The Balaban J connectivity index is 5.59. The van der Waals surface area contributed by atoms with Crippen molar-refractivity contribution in [2.75, 3.05) is 0 Å². The molecular weight excluding hydrogens is 258 g/mol. The van der Waals surface area contributed by atoms with Crippen molar-refractivity contribution in [3.8, 4) is 0 Å². The van der Waals surface area contributed by atoms with Crippen LogP contribution in [0.5, 0.6) is 0 Å². The fraction of sp³-hybridized carbons (Fsp3) is 0.438. The van der Waals surface area contributed by atoms with Crippen molar-refractivity contribution >= 4 is 17.5 Å². The molecule has 0 heterocycles. The van der Waals surface area contributed by atoms with E-state index in [1.807, 2.05) is 12.2 Å². The number of amides is 1. The van der Waals surface area contributed by atoms with Crippen LogP contribution >= 0.6 is 11.6 Å². The molecule has 0 saturated heterocycles. The van der Waals surface area contributed by atoms with Crippen LogP contribution in [-0.4, -0.2) is 5.91 Å². The fourth-order valence-electron chi connectivity index (χ4n) is 1.50. The third-order valence-corrected chi connectivity index (χ3v) is 3.07. The highest BCUT2D eigenvalue weighted by molar-refractivity contribution is 6.31. The summed E-state index contributed by atoms with van der Waals surface area (Å²) >= 11 is 5.99. The van der Waals surface area contributed by atoms with Gasteiger partial charge in [-0.05, 0) is 24.0 Å². The third kappa shape index (κ3) is 7.02. The van der Waals surface area contributed by atoms with Crippen LogP contribution in [0.2, 0.25) is 0 Å². The summed E-state index contributed by atoms with van der Waals surface area (Å²) in [5, 5.41) is 0.498. The smallest absolute Gasteiger partial charge is 0.248 e. The van der Waals surface area contributed by atoms with E-state index in [2.05, 4.69) is 27.4 Å². The van der Waals surface area contributed by atoms with Crippen molar-refractivity contribution in [2.45, 2.75) is 40.0 Å². The molecule has 1 unspecified atom stereocenters. The number of nitrogens with two attached hydrogens (primary N) is 1. The first-order valence-corrected chi connectivity index (χ1v) is 7.05. The Labute approximate surface area is 121 Å². The van der Waals surface area contributed by atoms with Gasteiger partial charge in [-0.2, -0.15) is 0 Å². The molecule has 0 aliphatic rings. The van der Waals surface area contributed by atoms with Crippen molar-refractivity contribution < 1.29 is 4.79 Å². The summed E-state index contributed by atoms with van der Waals surface area (Å²) in [6.07, 6.45) is 9.96. The monoisotopic (exact) mass is 281 g/mol. The topological polar surface area (TPSA) is 43.1 Å². The molecule has 0 fully saturated rings. The van der Waals surface area contributed by atoms with Crippen molar-refractivity contribution in [3.63, 3.8) is 0 Å². The molecule has 0 aliphatic heterocycles. The SMILES string of the molecule is C=C\C(Cl)=C/C(=C\C(C)CC)C(=C\CCC)/C(N)=O. The molecule has 19 heavy (non-hydrogen) atoms. The number of unbranched alkanes of at least 4 members (excludes halogenated alkanes) is 1. The van der Waals surface area contributed by atoms with Crippen LogP contribution in [0.3, 0.4) is 0 Å². The van der Waals surface area contributed by atoms with Gasteiger partial charge in [0.05, 0.1) is 0 Å². The molecule has 0 aliphatic carbocycles. The first kappa shape index (κ1) is 17.7. The van der Waals surface area contributed by atoms with E-state index in [0.29, 0.717) is 16.5 Å². The quantitative estimate of drug-likeness (QED) is 0.517. The maximum Gasteiger partial charge on any atom is 0.248 e. The molecule has 1 amide bonds. The van der Waals surface area contributed by atoms with E-state index in [1.165, 1.54) is 0 Å². The second-order valence-electron chi connectivity index (χ2n) is 4.51. The summed E-state index contributed by atoms with van der Waals surface area (Å²) in [5.41, 5.74) is 6.77. The van der Waals surface area contributed by atoms with E-state index in [1.54, 1.807) is 12.2 Å². The largest absolute Gasteiger partial charge is 0.366 e. The Kier molecular flexibility index (Phi) is 8.98. The summed E-state index contributed by atoms with van der Waals surface area (Å²) in [7, 11) is 0. The van der Waals surface area contributed by atoms with Crippen molar-refractivity contribution in [3.05, 3.63) is 47.1 Å². The maximum absolute atomic E-state index is 11.6. The van der Waals surface area contributed by atoms with Gasteiger partial charge in [-0.15, -0.1) is 0 Å². The van der Waals surface area contributed by atoms with Crippen LogP contribution in [0.15, 0.2) is 47.1 Å². The zero-order valence-electron chi connectivity index (χ0n) is 12.1. The van der Waals surface area contributed by atoms with Crippen LogP contribution < -0.4 is 5.73 Å². The number of carbonyl (C=O) groups excluding carboxylic acids is 1. The zero-order chi connectivity index (χ0) is 14.8. The van der Waals surface area contributed by atoms with Crippen LogP contribution in [0.1, 0.15) is 40.0 Å². The standard InChI is InChI=1S/C16H24ClNO/c1-5-8-9-15(16(18)19)13(10-12(4)6-2)11-14(17)7-3/h7,9-12H,3,5-6,8H2,1-2,4H3,(H2,18,19)/b13-10+,14-11+,15-9+. The first-order valence-electron chi connectivity index (χ1n) is 6.67. The lowest BCUT2D eigenvalue weighted by molar-refractivity contribution is -0.114. The van der Waals surface area contributed by atoms with Gasteiger partial charge in [0.1, 0.15) is 0 Å². The van der Waals surface area contributed by atoms with Crippen LogP contribution in [-0.2, 0) is 4.79 Å². The molecule has 0 spiro atoms. The Morgan fingerprint density at radius 1 is 1.42 bits per heavy atom. The lowest BCUT2D eigenvalue weighted by Gasteiger charge is -2.09. The second kappa shape index (κ2) is 9.62. The van der Waals surface area contributed by atoms with Gasteiger partial charge in [0, 0.05) is 10.6 Å². The van der Waals surface area contributed by atoms with E-state index >= 15 is 0 Å². The third-order valence-electron chi connectivity index (χ3n) is 2.81. The molecule has 0 saturated carbocycles. The van der Waals surface area contributed by atoms with Crippen LogP contribution in [0, 0.1) is 5.92 Å². The number of rotatable bonds is 8. The number of hydrogen-bond donors (Lipinski definition) is 1. The number of primary amides is 1. The highest BCUT2D eigenvalue weighted by atomic mass is 35.5. The molecule has 0 radical (unpaired) electrons. The van der Waals surface area contributed by atoms with Crippen LogP contribution in [0.25, 0.3) is 0 Å². The molecule has 0 rings (SSSR count). The van der Waals surface area contributed by atoms with E-state index < -0.39 is 5.91 Å². The average Bonchev–Trinajstić information content (AvgIpc) is 2.38. The minimum atomic E-state index is -0.423. The van der Waals surface area contributed by atoms with Crippen molar-refractivity contribution in [1.29, 1.82) is 0 Å². The normalized spacial score (nSPS) is 15.3. The maximum atomic E-state index is 11.6. The molecule has 2 N–H and O–H groups in total. The molecule has 1 atom stereocenters. The average molecular weight is 282 g/mol. The number of carbonyl (C=O) groups is 1. The van der Waals surface area contributed by atoms with Gasteiger partial charge in [-0.3, -0.25) is 4.79 Å². The Morgan fingerprint density at radius 3 is 2.47 bits per heavy atom. The molecule has 0 aromatic carbocycles.